The molecule has 0 aromatic carbocycles. The molecule has 2 N–H and O–H groups in total. The van der Waals surface area contributed by atoms with Crippen LogP contribution in [0.2, 0.25) is 0 Å². The normalized spacial score (nSPS) is 47.8. The molecule has 0 spiro atoms. The van der Waals surface area contributed by atoms with Gasteiger partial charge in [0.2, 0.25) is 0 Å². The third kappa shape index (κ3) is 2.98. The number of hydrogen-bond acceptors (Lipinski definition) is 6. The van der Waals surface area contributed by atoms with Gasteiger partial charge in [0, 0.05) is 18.4 Å². The molecule has 6 nitrogen and oxygen atoms in total. The highest BCUT2D eigenvalue weighted by Gasteiger charge is 2.70. The van der Waals surface area contributed by atoms with E-state index < -0.39 is 17.1 Å². The van der Waals surface area contributed by atoms with E-state index in [-0.39, 0.29) is 34.9 Å². The number of carbonyl (C=O) groups excluding carboxylic acids is 1. The van der Waals surface area contributed by atoms with Crippen molar-refractivity contribution < 1.29 is 24.2 Å². The van der Waals surface area contributed by atoms with Gasteiger partial charge in [-0.25, -0.2) is 4.79 Å². The lowest BCUT2D eigenvalue weighted by Crippen LogP contribution is -2.65. The fraction of sp³-hybridized carbons (Fsp3) is 0.769. The van der Waals surface area contributed by atoms with Crippen LogP contribution in [-0.2, 0) is 9.53 Å². The summed E-state index contributed by atoms with van der Waals surface area (Å²) in [6.45, 7) is 5.98. The molecule has 32 heavy (non-hydrogen) atoms. The first-order valence-corrected chi connectivity index (χ1v) is 12.3. The van der Waals surface area contributed by atoms with E-state index in [1.54, 1.807) is 6.07 Å². The molecular formula is C26H36O6. The van der Waals surface area contributed by atoms with Gasteiger partial charge >= 0.3 is 11.6 Å². The fourth-order valence-electron chi connectivity index (χ4n) is 8.65. The lowest BCUT2D eigenvalue weighted by atomic mass is 9.43. The van der Waals surface area contributed by atoms with E-state index in [0.717, 1.165) is 50.5 Å². The van der Waals surface area contributed by atoms with Crippen molar-refractivity contribution in [1.82, 2.24) is 0 Å². The number of ether oxygens (including phenoxy) is 1. The Morgan fingerprint density at radius 3 is 2.56 bits per heavy atom. The fourth-order valence-corrected chi connectivity index (χ4v) is 8.65. The minimum absolute atomic E-state index is 0.00764. The van der Waals surface area contributed by atoms with E-state index in [1.807, 2.05) is 0 Å². The minimum Gasteiger partial charge on any atom is -0.463 e. The Morgan fingerprint density at radius 2 is 1.88 bits per heavy atom. The lowest BCUT2D eigenvalue weighted by Gasteiger charge is -2.64. The molecule has 9 atom stereocenters. The van der Waals surface area contributed by atoms with E-state index in [1.165, 1.54) is 19.3 Å². The predicted octanol–water partition coefficient (Wildman–Crippen LogP) is 3.78. The summed E-state index contributed by atoms with van der Waals surface area (Å²) in [5.41, 5.74) is -1.02. The van der Waals surface area contributed by atoms with E-state index >= 15 is 0 Å². The van der Waals surface area contributed by atoms with Crippen LogP contribution in [0.15, 0.2) is 27.6 Å². The van der Waals surface area contributed by atoms with Gasteiger partial charge in [-0.1, -0.05) is 13.8 Å². The number of fused-ring (bicyclic) bond motifs is 5. The number of carbonyl (C=O) groups is 1. The number of hydrogen-bond donors (Lipinski definition) is 2. The second kappa shape index (κ2) is 7.42. The molecule has 1 aromatic heterocycles. The van der Waals surface area contributed by atoms with Gasteiger partial charge in [-0.3, -0.25) is 4.79 Å². The third-order valence-corrected chi connectivity index (χ3v) is 10.3. The van der Waals surface area contributed by atoms with Gasteiger partial charge < -0.3 is 19.4 Å². The summed E-state index contributed by atoms with van der Waals surface area (Å²) in [6, 6.07) is 3.22. The zero-order chi connectivity index (χ0) is 22.9. The van der Waals surface area contributed by atoms with Gasteiger partial charge in [-0.15, -0.1) is 0 Å². The molecule has 4 fully saturated rings. The molecule has 0 bridgehead atoms. The standard InChI is InChI=1S/C26H36O6/c1-15(27)32-18-8-10-24(2)17(12-18)5-6-20-19(24)9-11-25(3)21(13-22(28)26(20,25)30)16-4-7-23(29)31-14-16/h4,7,14,17-22,28,30H,5-6,8-13H2,1-3H3/t17-,18+,19-,20+,21+,22-,24-,25+,26+/m0/s1. The number of rotatable bonds is 2. The first kappa shape index (κ1) is 22.1. The second-order valence-corrected chi connectivity index (χ2v) is 11.5. The maximum atomic E-state index is 12.3. The Bertz CT molecular complexity index is 935. The van der Waals surface area contributed by atoms with Crippen molar-refractivity contribution >= 4 is 5.97 Å². The van der Waals surface area contributed by atoms with Crippen molar-refractivity contribution in [2.45, 2.75) is 95.9 Å². The van der Waals surface area contributed by atoms with Crippen LogP contribution >= 0.6 is 0 Å². The van der Waals surface area contributed by atoms with Gasteiger partial charge in [0.05, 0.1) is 18.0 Å². The van der Waals surface area contributed by atoms with E-state index in [0.29, 0.717) is 18.3 Å². The zero-order valence-corrected chi connectivity index (χ0v) is 19.4. The van der Waals surface area contributed by atoms with Gasteiger partial charge in [-0.2, -0.15) is 0 Å². The Kier molecular flexibility index (Phi) is 5.14. The molecule has 0 radical (unpaired) electrons. The molecule has 0 aliphatic heterocycles. The number of aliphatic hydroxyl groups is 2. The van der Waals surface area contributed by atoms with Crippen LogP contribution in [-0.4, -0.2) is 34.0 Å². The highest BCUT2D eigenvalue weighted by Crippen LogP contribution is 2.70. The molecule has 4 saturated carbocycles. The summed E-state index contributed by atoms with van der Waals surface area (Å²) in [5, 5.41) is 23.6. The molecule has 1 aromatic rings. The summed E-state index contributed by atoms with van der Waals surface area (Å²) in [6.07, 6.45) is 7.72. The largest absolute Gasteiger partial charge is 0.463 e. The minimum atomic E-state index is -1.16. The molecule has 0 saturated heterocycles. The van der Waals surface area contributed by atoms with Gasteiger partial charge in [0.15, 0.2) is 0 Å². The quantitative estimate of drug-likeness (QED) is 0.674. The molecule has 0 amide bonds. The first-order valence-electron chi connectivity index (χ1n) is 12.3. The topological polar surface area (TPSA) is 97.0 Å². The molecule has 176 valence electrons. The molecule has 4 aliphatic carbocycles. The third-order valence-electron chi connectivity index (χ3n) is 10.3. The van der Waals surface area contributed by atoms with Gasteiger partial charge in [0.1, 0.15) is 6.10 Å². The van der Waals surface area contributed by atoms with Crippen LogP contribution in [0.1, 0.15) is 83.6 Å². The average Bonchev–Trinajstić information content (AvgIpc) is 2.95. The second-order valence-electron chi connectivity index (χ2n) is 11.5. The van der Waals surface area contributed by atoms with Crippen LogP contribution < -0.4 is 5.63 Å². The maximum absolute atomic E-state index is 12.3. The van der Waals surface area contributed by atoms with Crippen LogP contribution in [0.4, 0.5) is 0 Å². The Morgan fingerprint density at radius 1 is 1.09 bits per heavy atom. The Labute approximate surface area is 189 Å². The number of esters is 1. The van der Waals surface area contributed by atoms with Gasteiger partial charge in [-0.05, 0) is 92.1 Å². The smallest absolute Gasteiger partial charge is 0.335 e. The van der Waals surface area contributed by atoms with Crippen molar-refractivity contribution in [2.24, 2.45) is 28.6 Å². The molecule has 0 unspecified atom stereocenters. The molecule has 6 heteroatoms. The molecule has 4 aliphatic rings. The van der Waals surface area contributed by atoms with Crippen molar-refractivity contribution in [3.63, 3.8) is 0 Å². The molecule has 5 rings (SSSR count). The molecular weight excluding hydrogens is 408 g/mol. The SMILES string of the molecule is CC(=O)O[C@@H]1CC[C@@]2(C)[C@@H](CC[C@@H]3[C@@H]2CC[C@]2(C)[C@@H](c4ccc(=O)oc4)C[C@H](O)[C@]32O)C1. The summed E-state index contributed by atoms with van der Waals surface area (Å²) in [5.74, 6) is 0.626. The van der Waals surface area contributed by atoms with E-state index in [9.17, 15) is 19.8 Å². The first-order chi connectivity index (χ1) is 15.1. The summed E-state index contributed by atoms with van der Waals surface area (Å²) < 4.78 is 10.7. The Hall–Kier alpha value is -1.66. The Balaban J connectivity index is 1.45. The van der Waals surface area contributed by atoms with E-state index in [4.69, 9.17) is 9.15 Å². The summed E-state index contributed by atoms with van der Waals surface area (Å²) in [7, 11) is 0. The van der Waals surface area contributed by atoms with Crippen molar-refractivity contribution in [1.29, 1.82) is 0 Å². The summed E-state index contributed by atoms with van der Waals surface area (Å²) in [4.78, 5) is 23.0. The van der Waals surface area contributed by atoms with Crippen molar-refractivity contribution in [3.8, 4) is 0 Å². The highest BCUT2D eigenvalue weighted by molar-refractivity contribution is 5.66. The van der Waals surface area contributed by atoms with Crippen molar-refractivity contribution in [3.05, 3.63) is 34.4 Å². The van der Waals surface area contributed by atoms with Gasteiger partial charge in [0.25, 0.3) is 0 Å². The predicted molar refractivity (Wildman–Crippen MR) is 118 cm³/mol. The average molecular weight is 445 g/mol. The van der Waals surface area contributed by atoms with Crippen LogP contribution in [0.3, 0.4) is 0 Å². The summed E-state index contributed by atoms with van der Waals surface area (Å²) >= 11 is 0. The highest BCUT2D eigenvalue weighted by atomic mass is 16.5. The zero-order valence-electron chi connectivity index (χ0n) is 19.4. The van der Waals surface area contributed by atoms with Crippen LogP contribution in [0.25, 0.3) is 0 Å². The lowest BCUT2D eigenvalue weighted by molar-refractivity contribution is -0.234. The van der Waals surface area contributed by atoms with E-state index in [2.05, 4.69) is 13.8 Å². The van der Waals surface area contributed by atoms with Crippen LogP contribution in [0.5, 0.6) is 0 Å². The maximum Gasteiger partial charge on any atom is 0.335 e. The van der Waals surface area contributed by atoms with Crippen molar-refractivity contribution in [2.75, 3.05) is 0 Å². The monoisotopic (exact) mass is 444 g/mol. The number of aliphatic hydroxyl groups excluding tert-OH is 1. The van der Waals surface area contributed by atoms with Crippen LogP contribution in [0, 0.1) is 28.6 Å². The molecule has 1 heterocycles.